The molecule has 0 aromatic heterocycles. The van der Waals surface area contributed by atoms with Crippen molar-refractivity contribution in [2.24, 2.45) is 0 Å². The van der Waals surface area contributed by atoms with Crippen LogP contribution in [0.1, 0.15) is 239 Å². The summed E-state index contributed by atoms with van der Waals surface area (Å²) in [5, 5.41) is 13.8. The maximum absolute atomic E-state index is 12.9. The summed E-state index contributed by atoms with van der Waals surface area (Å²) in [5.41, 5.74) is 0. The Kier molecular flexibility index (Phi) is 44.5. The fourth-order valence-corrected chi connectivity index (χ4v) is 8.28. The average molecular weight is 907 g/mol. The lowest BCUT2D eigenvalue weighted by Crippen LogP contribution is -2.45. The van der Waals surface area contributed by atoms with Crippen LogP contribution in [0, 0.1) is 0 Å². The van der Waals surface area contributed by atoms with Gasteiger partial charge in [0.2, 0.25) is 5.91 Å². The Labute approximate surface area is 390 Å². The molecule has 0 saturated carbocycles. The molecule has 0 saturated heterocycles. The van der Waals surface area contributed by atoms with Crippen LogP contribution in [0.5, 0.6) is 0 Å². The van der Waals surface area contributed by atoms with Crippen LogP contribution in [0.2, 0.25) is 0 Å². The number of carbonyl (C=O) groups is 1. The predicted molar refractivity (Wildman–Crippen MR) is 270 cm³/mol. The van der Waals surface area contributed by atoms with Gasteiger partial charge in [0.15, 0.2) is 0 Å². The van der Waals surface area contributed by atoms with E-state index >= 15 is 0 Å². The second-order valence-corrected chi connectivity index (χ2v) is 20.6. The number of amides is 1. The SMILES string of the molecule is CCCCCCCCCC/C=C/CC/C=C/C(O)C(COP(=O)([O-])OCC[N+](C)(C)C)NC(=O)CCCCCCCCCCCCC/C=C\C/C=C\CCCCCCCCCCC. The van der Waals surface area contributed by atoms with Crippen LogP contribution in [-0.4, -0.2) is 68.5 Å². The van der Waals surface area contributed by atoms with Crippen molar-refractivity contribution in [2.75, 3.05) is 40.9 Å². The zero-order valence-corrected chi connectivity index (χ0v) is 42.9. The summed E-state index contributed by atoms with van der Waals surface area (Å²) in [6.45, 7) is 4.63. The molecule has 0 spiro atoms. The van der Waals surface area contributed by atoms with Crippen molar-refractivity contribution in [2.45, 2.75) is 251 Å². The molecule has 0 aliphatic rings. The van der Waals surface area contributed by atoms with E-state index in [-0.39, 0.29) is 12.5 Å². The summed E-state index contributed by atoms with van der Waals surface area (Å²) in [6, 6.07) is -0.904. The van der Waals surface area contributed by atoms with Crippen LogP contribution >= 0.6 is 7.82 Å². The quantitative estimate of drug-likeness (QED) is 0.0272. The van der Waals surface area contributed by atoms with Crippen molar-refractivity contribution in [3.63, 3.8) is 0 Å². The number of hydrogen-bond acceptors (Lipinski definition) is 6. The van der Waals surface area contributed by atoms with Gasteiger partial charge < -0.3 is 28.8 Å². The smallest absolute Gasteiger partial charge is 0.268 e. The van der Waals surface area contributed by atoms with Gasteiger partial charge in [-0.15, -0.1) is 0 Å². The Morgan fingerprint density at radius 2 is 0.937 bits per heavy atom. The maximum atomic E-state index is 12.9. The van der Waals surface area contributed by atoms with E-state index in [9.17, 15) is 19.4 Å². The Morgan fingerprint density at radius 3 is 1.38 bits per heavy atom. The molecule has 0 fully saturated rings. The number of hydrogen-bond donors (Lipinski definition) is 2. The molecular weight excluding hydrogens is 804 g/mol. The van der Waals surface area contributed by atoms with Gasteiger partial charge in [-0.05, 0) is 64.2 Å². The molecular formula is C54H103N2O6P. The first-order chi connectivity index (χ1) is 30.5. The number of carbonyl (C=O) groups excluding carboxylic acids is 1. The molecule has 9 heteroatoms. The fourth-order valence-electron chi connectivity index (χ4n) is 7.55. The fraction of sp³-hybridized carbons (Fsp3) is 0.833. The Morgan fingerprint density at radius 1 is 0.556 bits per heavy atom. The largest absolute Gasteiger partial charge is 0.756 e. The summed E-state index contributed by atoms with van der Waals surface area (Å²) in [6.07, 6.45) is 58.9. The van der Waals surface area contributed by atoms with Gasteiger partial charge in [-0.25, -0.2) is 0 Å². The number of nitrogens with zero attached hydrogens (tertiary/aromatic N) is 1. The monoisotopic (exact) mass is 907 g/mol. The standard InChI is InChI=1S/C54H103N2O6P/c1-6-8-10-12-14-16-18-20-22-23-24-25-26-27-28-29-30-31-32-33-34-36-38-40-42-44-46-48-54(58)55-52(51-62-63(59,60)61-50-49-56(3,4)5)53(57)47-45-43-41-39-37-35-21-19-17-15-13-11-9-7-2/h24-25,27-28,37,39,45,47,52-53,57H,6-23,26,29-36,38,40-44,46,48-51H2,1-5H3,(H-,55,58,59,60)/b25-24-,28-27-,39-37+,47-45+. The molecule has 0 heterocycles. The topological polar surface area (TPSA) is 108 Å². The summed E-state index contributed by atoms with van der Waals surface area (Å²) in [4.78, 5) is 25.4. The lowest BCUT2D eigenvalue weighted by Gasteiger charge is -2.29. The van der Waals surface area contributed by atoms with E-state index in [0.717, 1.165) is 44.9 Å². The summed E-state index contributed by atoms with van der Waals surface area (Å²) in [7, 11) is 1.24. The first kappa shape index (κ1) is 61.5. The predicted octanol–water partition coefficient (Wildman–Crippen LogP) is 15.0. The number of quaternary nitrogens is 1. The Hall–Kier alpha value is -1.54. The second kappa shape index (κ2) is 45.6. The number of unbranched alkanes of at least 4 members (excludes halogenated alkanes) is 29. The van der Waals surface area contributed by atoms with Crippen molar-refractivity contribution < 1.29 is 32.9 Å². The summed E-state index contributed by atoms with van der Waals surface area (Å²) in [5.74, 6) is -0.210. The number of aliphatic hydroxyl groups excluding tert-OH is 1. The normalized spacial score (nSPS) is 14.5. The molecule has 0 radical (unpaired) electrons. The molecule has 8 nitrogen and oxygen atoms in total. The van der Waals surface area contributed by atoms with Gasteiger partial charge in [-0.3, -0.25) is 9.36 Å². The van der Waals surface area contributed by atoms with E-state index in [2.05, 4.69) is 55.6 Å². The highest BCUT2D eigenvalue weighted by Crippen LogP contribution is 2.38. The van der Waals surface area contributed by atoms with E-state index in [4.69, 9.17) is 9.05 Å². The van der Waals surface area contributed by atoms with Crippen LogP contribution in [0.3, 0.4) is 0 Å². The minimum absolute atomic E-state index is 0.00753. The highest BCUT2D eigenvalue weighted by molar-refractivity contribution is 7.45. The van der Waals surface area contributed by atoms with Crippen LogP contribution in [-0.2, 0) is 18.4 Å². The number of phosphoric ester groups is 1. The van der Waals surface area contributed by atoms with Gasteiger partial charge in [-0.2, -0.15) is 0 Å². The molecule has 63 heavy (non-hydrogen) atoms. The summed E-state index contributed by atoms with van der Waals surface area (Å²) >= 11 is 0. The van der Waals surface area contributed by atoms with Crippen LogP contribution < -0.4 is 10.2 Å². The van der Waals surface area contributed by atoms with E-state index in [1.54, 1.807) is 6.08 Å². The first-order valence-electron chi connectivity index (χ1n) is 26.5. The van der Waals surface area contributed by atoms with Crippen molar-refractivity contribution in [1.82, 2.24) is 5.32 Å². The lowest BCUT2D eigenvalue weighted by atomic mass is 10.0. The highest BCUT2D eigenvalue weighted by Gasteiger charge is 2.23. The van der Waals surface area contributed by atoms with Crippen molar-refractivity contribution in [3.8, 4) is 0 Å². The molecule has 370 valence electrons. The zero-order valence-electron chi connectivity index (χ0n) is 42.0. The minimum Gasteiger partial charge on any atom is -0.756 e. The summed E-state index contributed by atoms with van der Waals surface area (Å²) < 4.78 is 23.2. The number of aliphatic hydroxyl groups is 1. The molecule has 0 aromatic carbocycles. The number of likely N-dealkylation sites (N-methyl/N-ethyl adjacent to an activating group) is 1. The molecule has 0 aliphatic heterocycles. The number of allylic oxidation sites excluding steroid dienone is 7. The number of nitrogens with one attached hydrogen (secondary N) is 1. The van der Waals surface area contributed by atoms with Gasteiger partial charge in [0.1, 0.15) is 13.2 Å². The number of rotatable bonds is 48. The minimum atomic E-state index is -4.60. The first-order valence-corrected chi connectivity index (χ1v) is 28.0. The third-order valence-corrected chi connectivity index (χ3v) is 12.7. The maximum Gasteiger partial charge on any atom is 0.268 e. The second-order valence-electron chi connectivity index (χ2n) is 19.2. The molecule has 0 aliphatic carbocycles. The van der Waals surface area contributed by atoms with Crippen LogP contribution in [0.4, 0.5) is 0 Å². The third-order valence-electron chi connectivity index (χ3n) is 11.8. The van der Waals surface area contributed by atoms with Crippen molar-refractivity contribution in [3.05, 3.63) is 48.6 Å². The van der Waals surface area contributed by atoms with E-state index in [1.807, 2.05) is 27.2 Å². The third kappa shape index (κ3) is 48.2. The van der Waals surface area contributed by atoms with Crippen molar-refractivity contribution >= 4 is 13.7 Å². The highest BCUT2D eigenvalue weighted by atomic mass is 31.2. The molecule has 3 unspecified atom stereocenters. The van der Waals surface area contributed by atoms with E-state index in [1.165, 1.54) is 173 Å². The van der Waals surface area contributed by atoms with E-state index in [0.29, 0.717) is 17.4 Å². The Bertz CT molecular complexity index is 1170. The lowest BCUT2D eigenvalue weighted by molar-refractivity contribution is -0.870. The molecule has 0 bridgehead atoms. The molecule has 0 rings (SSSR count). The molecule has 0 aromatic rings. The van der Waals surface area contributed by atoms with E-state index < -0.39 is 26.6 Å². The molecule has 2 N–H and O–H groups in total. The van der Waals surface area contributed by atoms with Gasteiger partial charge in [-0.1, -0.05) is 217 Å². The van der Waals surface area contributed by atoms with Gasteiger partial charge in [0.25, 0.3) is 7.82 Å². The zero-order chi connectivity index (χ0) is 46.4. The molecule has 3 atom stereocenters. The van der Waals surface area contributed by atoms with Crippen molar-refractivity contribution in [1.29, 1.82) is 0 Å². The van der Waals surface area contributed by atoms with Gasteiger partial charge in [0.05, 0.1) is 39.9 Å². The van der Waals surface area contributed by atoms with Crippen LogP contribution in [0.15, 0.2) is 48.6 Å². The van der Waals surface area contributed by atoms with Crippen LogP contribution in [0.25, 0.3) is 0 Å². The Balaban J connectivity index is 4.22. The number of phosphoric acid groups is 1. The van der Waals surface area contributed by atoms with Gasteiger partial charge >= 0.3 is 0 Å². The average Bonchev–Trinajstić information content (AvgIpc) is 3.24. The van der Waals surface area contributed by atoms with Gasteiger partial charge in [0, 0.05) is 6.42 Å². The molecule has 1 amide bonds.